The van der Waals surface area contributed by atoms with Crippen molar-refractivity contribution < 1.29 is 4.79 Å². The van der Waals surface area contributed by atoms with Gasteiger partial charge in [0.25, 0.3) is 5.91 Å². The van der Waals surface area contributed by atoms with E-state index >= 15 is 0 Å². The largest absolute Gasteiger partial charge is 0.334 e. The Morgan fingerprint density at radius 2 is 1.44 bits per heavy atom. The number of nitrogens with zero attached hydrogens (tertiary/aromatic N) is 2. The Morgan fingerprint density at radius 1 is 0.765 bits per heavy atom. The van der Waals surface area contributed by atoms with Crippen LogP contribution in [0.4, 0.5) is 0 Å². The van der Waals surface area contributed by atoms with Crippen molar-refractivity contribution in [2.24, 2.45) is 5.92 Å². The second-order valence-corrected chi connectivity index (χ2v) is 9.32. The van der Waals surface area contributed by atoms with Gasteiger partial charge < -0.3 is 9.47 Å². The summed E-state index contributed by atoms with van der Waals surface area (Å²) in [5.41, 5.74) is 5.27. The Balaban J connectivity index is 1.50. The summed E-state index contributed by atoms with van der Waals surface area (Å²) in [5, 5.41) is 0. The highest BCUT2D eigenvalue weighted by Gasteiger charge is 2.25. The van der Waals surface area contributed by atoms with E-state index in [1.807, 2.05) is 59.4 Å². The molecule has 1 heterocycles. The van der Waals surface area contributed by atoms with Gasteiger partial charge in [0.2, 0.25) is 0 Å². The number of carbonyl (C=O) groups is 1. The van der Waals surface area contributed by atoms with E-state index in [2.05, 4.69) is 53.4 Å². The van der Waals surface area contributed by atoms with E-state index < -0.39 is 0 Å². The van der Waals surface area contributed by atoms with E-state index in [-0.39, 0.29) is 5.91 Å². The van der Waals surface area contributed by atoms with Gasteiger partial charge in [0.1, 0.15) is 0 Å². The van der Waals surface area contributed by atoms with E-state index in [4.69, 9.17) is 0 Å². The number of rotatable bonds is 7. The molecule has 0 saturated heterocycles. The number of aromatic nitrogens is 1. The van der Waals surface area contributed by atoms with Gasteiger partial charge in [-0.15, -0.1) is 0 Å². The van der Waals surface area contributed by atoms with Crippen LogP contribution in [-0.2, 0) is 6.54 Å². The van der Waals surface area contributed by atoms with Crippen molar-refractivity contribution in [3.05, 3.63) is 115 Å². The van der Waals surface area contributed by atoms with E-state index in [0.29, 0.717) is 12.5 Å². The highest BCUT2D eigenvalue weighted by molar-refractivity contribution is 5.98. The molecule has 1 aromatic heterocycles. The van der Waals surface area contributed by atoms with Crippen LogP contribution in [0, 0.1) is 5.92 Å². The molecule has 3 heteroatoms. The van der Waals surface area contributed by atoms with Crippen molar-refractivity contribution in [1.29, 1.82) is 0 Å². The van der Waals surface area contributed by atoms with Gasteiger partial charge in [0, 0.05) is 25.5 Å². The van der Waals surface area contributed by atoms with Crippen LogP contribution in [0.2, 0.25) is 0 Å². The molecule has 0 bridgehead atoms. The van der Waals surface area contributed by atoms with Crippen LogP contribution in [0.15, 0.2) is 103 Å². The molecule has 0 N–H and O–H groups in total. The summed E-state index contributed by atoms with van der Waals surface area (Å²) in [5.74, 6) is 0.679. The smallest absolute Gasteiger partial charge is 0.256 e. The van der Waals surface area contributed by atoms with Gasteiger partial charge >= 0.3 is 0 Å². The van der Waals surface area contributed by atoms with Crippen LogP contribution in [0.25, 0.3) is 16.8 Å². The fourth-order valence-electron chi connectivity index (χ4n) is 5.21. The lowest BCUT2D eigenvalue weighted by Gasteiger charge is -2.31. The van der Waals surface area contributed by atoms with E-state index in [1.54, 1.807) is 0 Å². The second kappa shape index (κ2) is 10.6. The van der Waals surface area contributed by atoms with Gasteiger partial charge in [-0.3, -0.25) is 4.79 Å². The average Bonchev–Trinajstić information content (AvgIpc) is 3.44. The molecule has 1 aliphatic rings. The Kier molecular flexibility index (Phi) is 6.90. The molecule has 1 amide bonds. The minimum Gasteiger partial charge on any atom is -0.334 e. The second-order valence-electron chi connectivity index (χ2n) is 9.32. The minimum absolute atomic E-state index is 0.109. The maximum Gasteiger partial charge on any atom is 0.256 e. The fraction of sp³-hybridized carbons (Fsp3) is 0.258. The molecule has 1 fully saturated rings. The summed E-state index contributed by atoms with van der Waals surface area (Å²) in [6.45, 7) is 1.42. The zero-order valence-corrected chi connectivity index (χ0v) is 19.6. The van der Waals surface area contributed by atoms with Gasteiger partial charge in [-0.05, 0) is 59.7 Å². The topological polar surface area (TPSA) is 25.2 Å². The zero-order valence-electron chi connectivity index (χ0n) is 19.6. The van der Waals surface area contributed by atoms with Crippen LogP contribution in [-0.4, -0.2) is 21.9 Å². The summed E-state index contributed by atoms with van der Waals surface area (Å²) < 4.78 is 2.03. The molecule has 1 saturated carbocycles. The summed E-state index contributed by atoms with van der Waals surface area (Å²) in [6.07, 6.45) is 10.3. The van der Waals surface area contributed by atoms with Gasteiger partial charge in [-0.1, -0.05) is 86.0 Å². The Hall–Kier alpha value is -3.59. The first kappa shape index (κ1) is 22.2. The van der Waals surface area contributed by atoms with Crippen molar-refractivity contribution in [3.63, 3.8) is 0 Å². The Morgan fingerprint density at radius 3 is 2.24 bits per heavy atom. The predicted molar refractivity (Wildman–Crippen MR) is 139 cm³/mol. The van der Waals surface area contributed by atoms with Crippen LogP contribution < -0.4 is 0 Å². The first-order valence-corrected chi connectivity index (χ1v) is 12.4. The standard InChI is InChI=1S/C31H32N2O/c34-31(29-19-9-10-20-30(29)32-21-11-12-22-32)33(23-25-13-3-1-4-14-25)24-27-17-7-8-18-28(27)26-15-5-2-6-16-26/h2,5-12,15-22,25H,1,3-4,13-14,23-24H2. The molecule has 0 spiro atoms. The molecule has 5 rings (SSSR count). The molecule has 3 aromatic carbocycles. The van der Waals surface area contributed by atoms with Gasteiger partial charge in [-0.2, -0.15) is 0 Å². The summed E-state index contributed by atoms with van der Waals surface area (Å²) >= 11 is 0. The first-order valence-electron chi connectivity index (χ1n) is 12.4. The third kappa shape index (κ3) is 4.99. The number of hydrogen-bond acceptors (Lipinski definition) is 1. The zero-order chi connectivity index (χ0) is 23.2. The lowest BCUT2D eigenvalue weighted by atomic mass is 9.88. The maximum absolute atomic E-state index is 14.1. The lowest BCUT2D eigenvalue weighted by molar-refractivity contribution is 0.0699. The van der Waals surface area contributed by atoms with Crippen molar-refractivity contribution in [3.8, 4) is 16.8 Å². The number of hydrogen-bond donors (Lipinski definition) is 0. The molecule has 4 aromatic rings. The highest BCUT2D eigenvalue weighted by Crippen LogP contribution is 2.29. The minimum atomic E-state index is 0.109. The van der Waals surface area contributed by atoms with Crippen LogP contribution in [0.5, 0.6) is 0 Å². The predicted octanol–water partition coefficient (Wildman–Crippen LogP) is 7.37. The molecule has 0 radical (unpaired) electrons. The van der Waals surface area contributed by atoms with Crippen molar-refractivity contribution in [2.45, 2.75) is 38.6 Å². The summed E-state index contributed by atoms with van der Waals surface area (Å²) in [7, 11) is 0. The van der Waals surface area contributed by atoms with Gasteiger partial charge in [-0.25, -0.2) is 0 Å². The van der Waals surface area contributed by atoms with Crippen molar-refractivity contribution >= 4 is 5.91 Å². The fourth-order valence-corrected chi connectivity index (χ4v) is 5.21. The van der Waals surface area contributed by atoms with Crippen molar-refractivity contribution in [1.82, 2.24) is 9.47 Å². The summed E-state index contributed by atoms with van der Waals surface area (Å²) in [6, 6.07) is 31.0. The highest BCUT2D eigenvalue weighted by atomic mass is 16.2. The molecule has 34 heavy (non-hydrogen) atoms. The summed E-state index contributed by atoms with van der Waals surface area (Å²) in [4.78, 5) is 16.2. The third-order valence-corrected chi connectivity index (χ3v) is 6.97. The van der Waals surface area contributed by atoms with Gasteiger partial charge in [0.05, 0.1) is 11.3 Å². The monoisotopic (exact) mass is 448 g/mol. The van der Waals surface area contributed by atoms with E-state index in [0.717, 1.165) is 17.8 Å². The Labute approximate surface area is 202 Å². The van der Waals surface area contributed by atoms with Crippen molar-refractivity contribution in [2.75, 3.05) is 6.54 Å². The quantitative estimate of drug-likeness (QED) is 0.290. The van der Waals surface area contributed by atoms with Gasteiger partial charge in [0.15, 0.2) is 0 Å². The van der Waals surface area contributed by atoms with Crippen LogP contribution >= 0.6 is 0 Å². The number of benzene rings is 3. The molecule has 0 atom stereocenters. The van der Waals surface area contributed by atoms with Crippen LogP contribution in [0.1, 0.15) is 48.0 Å². The maximum atomic E-state index is 14.1. The number of carbonyl (C=O) groups excluding carboxylic acids is 1. The molecular weight excluding hydrogens is 416 g/mol. The first-order chi connectivity index (χ1) is 16.8. The molecule has 0 unspecified atom stereocenters. The van der Waals surface area contributed by atoms with E-state index in [1.165, 1.54) is 48.8 Å². The molecule has 172 valence electrons. The third-order valence-electron chi connectivity index (χ3n) is 6.97. The number of amides is 1. The molecular formula is C31H32N2O. The normalized spacial score (nSPS) is 14.1. The Bertz CT molecular complexity index is 1210. The molecule has 0 aliphatic heterocycles. The molecule has 1 aliphatic carbocycles. The average molecular weight is 449 g/mol. The lowest BCUT2D eigenvalue weighted by Crippen LogP contribution is -2.36. The molecule has 3 nitrogen and oxygen atoms in total. The number of para-hydroxylation sites is 1. The SMILES string of the molecule is O=C(c1ccccc1-n1cccc1)N(Cc1ccccc1-c1ccccc1)CC1CCCCC1. The van der Waals surface area contributed by atoms with E-state index in [9.17, 15) is 4.79 Å². The van der Waals surface area contributed by atoms with Crippen LogP contribution in [0.3, 0.4) is 0 Å².